The highest BCUT2D eigenvalue weighted by atomic mass is 127. The van der Waals surface area contributed by atoms with Crippen molar-refractivity contribution in [2.24, 2.45) is 9.39 Å². The van der Waals surface area contributed by atoms with Crippen molar-refractivity contribution in [3.05, 3.63) is 0 Å². The fourth-order valence-electron chi connectivity index (χ4n) is 0.619. The van der Waals surface area contributed by atoms with Crippen LogP contribution in [0, 0.1) is 0 Å². The zero-order chi connectivity index (χ0) is 7.84. The Kier molecular flexibility index (Phi) is 2.45. The van der Waals surface area contributed by atoms with Gasteiger partial charge in [-0.1, -0.05) is 34.2 Å². The molecule has 2 rings (SSSR count). The molecule has 60 valence electrons. The average molecular weight is 321 g/mol. The van der Waals surface area contributed by atoms with Crippen molar-refractivity contribution in [3.63, 3.8) is 0 Å². The summed E-state index contributed by atoms with van der Waals surface area (Å²) < 4.78 is 10.1. The van der Waals surface area contributed by atoms with Gasteiger partial charge in [-0.2, -0.15) is 4.40 Å². The molecule has 0 N–H and O–H groups in total. The lowest BCUT2D eigenvalue weighted by molar-refractivity contribution is 0.658. The Morgan fingerprint density at radius 3 is 3.18 bits per heavy atom. The van der Waals surface area contributed by atoms with Crippen molar-refractivity contribution >= 4 is 71.0 Å². The number of halogens is 2. The van der Waals surface area contributed by atoms with Crippen LogP contribution in [0.2, 0.25) is 0 Å². The van der Waals surface area contributed by atoms with Crippen molar-refractivity contribution < 1.29 is 4.18 Å². The lowest BCUT2D eigenvalue weighted by Gasteiger charge is -1.96. The number of aliphatic imine (C=N–C) groups is 1. The predicted molar refractivity (Wildman–Crippen MR) is 60.9 cm³/mol. The Bertz CT molecular complexity index is 300. The maximum atomic E-state index is 5.75. The van der Waals surface area contributed by atoms with Gasteiger partial charge in [0.15, 0.2) is 10.2 Å². The van der Waals surface area contributed by atoms with Crippen molar-refractivity contribution in [1.82, 2.24) is 0 Å². The van der Waals surface area contributed by atoms with E-state index in [1.54, 1.807) is 0 Å². The van der Waals surface area contributed by atoms with Crippen LogP contribution in [-0.2, 0) is 4.18 Å². The molecule has 0 aromatic heterocycles. The fraction of sp³-hybridized carbons (Fsp3) is 0.250. The summed E-state index contributed by atoms with van der Waals surface area (Å²) in [5, 5.41) is 0.484. The molecule has 2 aliphatic rings. The number of nitrogens with zero attached hydrogens (tertiary/aromatic N) is 2. The molecular weight excluding hydrogens is 319 g/mol. The fourth-order valence-corrected chi connectivity index (χ4v) is 4.17. The van der Waals surface area contributed by atoms with Crippen LogP contribution >= 0.6 is 55.0 Å². The largest absolute Gasteiger partial charge is 0.403 e. The molecule has 0 saturated heterocycles. The van der Waals surface area contributed by atoms with E-state index in [1.165, 1.54) is 11.0 Å². The van der Waals surface area contributed by atoms with Gasteiger partial charge in [0.05, 0.1) is 15.4 Å². The van der Waals surface area contributed by atoms with Crippen LogP contribution in [0.15, 0.2) is 9.39 Å². The second kappa shape index (κ2) is 3.23. The normalized spacial score (nSPS) is 27.8. The minimum Gasteiger partial charge on any atom is -0.403 e. The zero-order valence-corrected chi connectivity index (χ0v) is 9.63. The van der Waals surface area contributed by atoms with E-state index in [0.717, 1.165) is 15.3 Å². The minimum atomic E-state index is -0.339. The van der Waals surface area contributed by atoms with Crippen LogP contribution in [0.3, 0.4) is 0 Å². The first-order valence-corrected chi connectivity index (χ1v) is 7.00. The van der Waals surface area contributed by atoms with Crippen molar-refractivity contribution in [2.45, 2.75) is 0 Å². The van der Waals surface area contributed by atoms with E-state index in [4.69, 9.17) is 15.8 Å². The van der Waals surface area contributed by atoms with Gasteiger partial charge in [-0.15, -0.1) is 0 Å². The van der Waals surface area contributed by atoms with Crippen LogP contribution < -0.4 is 0 Å². The van der Waals surface area contributed by atoms with Crippen molar-refractivity contribution in [1.29, 1.82) is 0 Å². The van der Waals surface area contributed by atoms with Gasteiger partial charge in [0.1, 0.15) is 9.80 Å². The summed E-state index contributed by atoms with van der Waals surface area (Å²) in [6.45, 7) is 0. The van der Waals surface area contributed by atoms with Crippen molar-refractivity contribution in [2.75, 3.05) is 4.43 Å². The molecule has 0 spiro atoms. The van der Waals surface area contributed by atoms with Gasteiger partial charge in [0.25, 0.3) is 0 Å². The molecule has 0 radical (unpaired) electrons. The topological polar surface area (TPSA) is 34.0 Å². The minimum absolute atomic E-state index is 0.339. The second-order valence-electron chi connectivity index (χ2n) is 1.72. The Labute approximate surface area is 88.5 Å². The smallest absolute Gasteiger partial charge is 0.215 e. The van der Waals surface area contributed by atoms with E-state index >= 15 is 0 Å². The third-order valence-corrected chi connectivity index (χ3v) is 4.80. The van der Waals surface area contributed by atoms with Gasteiger partial charge < -0.3 is 4.18 Å². The summed E-state index contributed by atoms with van der Waals surface area (Å²) in [5.41, 5.74) is 0. The van der Waals surface area contributed by atoms with Crippen LogP contribution in [0.4, 0.5) is 0 Å². The van der Waals surface area contributed by atoms with Gasteiger partial charge in [-0.05, 0) is 0 Å². The summed E-state index contributed by atoms with van der Waals surface area (Å²) >= 11 is 7.95. The second-order valence-corrected chi connectivity index (χ2v) is 5.55. The predicted octanol–water partition coefficient (Wildman–Crippen LogP) is 2.38. The Balaban J connectivity index is 2.27. The molecule has 2 aliphatic heterocycles. The highest BCUT2D eigenvalue weighted by Gasteiger charge is 2.26. The van der Waals surface area contributed by atoms with Gasteiger partial charge in [0, 0.05) is 0 Å². The molecule has 0 amide bonds. The van der Waals surface area contributed by atoms with E-state index in [0.29, 0.717) is 5.17 Å². The Morgan fingerprint density at radius 2 is 2.55 bits per heavy atom. The van der Waals surface area contributed by atoms with Crippen LogP contribution in [0.5, 0.6) is 0 Å². The van der Waals surface area contributed by atoms with Crippen molar-refractivity contribution in [3.8, 4) is 0 Å². The standard InChI is InChI=1S/C4H2ClIN2OS2/c5-3-4-7-2(1-6)9-11(4)10-8-3/h1H2. The number of hydrogen-bond acceptors (Lipinski definition) is 4. The third kappa shape index (κ3) is 1.45. The number of rotatable bonds is 1. The first kappa shape index (κ1) is 8.33. The highest BCUT2D eigenvalue weighted by Crippen LogP contribution is 2.44. The Morgan fingerprint density at radius 1 is 1.73 bits per heavy atom. The summed E-state index contributed by atoms with van der Waals surface area (Å²) in [6, 6.07) is 0. The Hall–Kier alpha value is 0.730. The molecule has 3 nitrogen and oxygen atoms in total. The van der Waals surface area contributed by atoms with Crippen LogP contribution in [0.25, 0.3) is 0 Å². The third-order valence-electron chi connectivity index (χ3n) is 1.03. The van der Waals surface area contributed by atoms with E-state index in [9.17, 15) is 0 Å². The molecule has 11 heavy (non-hydrogen) atoms. The van der Waals surface area contributed by atoms with Gasteiger partial charge in [-0.25, -0.2) is 4.99 Å². The number of alkyl halides is 1. The highest BCUT2D eigenvalue weighted by molar-refractivity contribution is 14.1. The summed E-state index contributed by atoms with van der Waals surface area (Å²) in [5.74, 6) is 0.754. The van der Waals surface area contributed by atoms with E-state index in [-0.39, 0.29) is 9.80 Å². The lowest BCUT2D eigenvalue weighted by Crippen LogP contribution is -2.01. The van der Waals surface area contributed by atoms with Gasteiger partial charge in [-0.3, -0.25) is 0 Å². The van der Waals surface area contributed by atoms with Gasteiger partial charge in [0.2, 0.25) is 5.90 Å². The first-order chi connectivity index (χ1) is 5.31. The maximum Gasteiger partial charge on any atom is 0.215 e. The number of hydrogen-bond donors (Lipinski definition) is 0. The molecule has 7 heteroatoms. The molecule has 0 fully saturated rings. The maximum absolute atomic E-state index is 5.75. The summed E-state index contributed by atoms with van der Waals surface area (Å²) in [6.07, 6.45) is 0. The molecule has 0 aromatic carbocycles. The lowest BCUT2D eigenvalue weighted by atomic mass is 10.7. The first-order valence-electron chi connectivity index (χ1n) is 2.65. The zero-order valence-electron chi connectivity index (χ0n) is 5.08. The molecule has 1 atom stereocenters. The molecule has 2 heterocycles. The molecule has 0 aromatic rings. The summed E-state index contributed by atoms with van der Waals surface area (Å²) in [7, 11) is 1.01. The van der Waals surface area contributed by atoms with Crippen LogP contribution in [0.1, 0.15) is 0 Å². The van der Waals surface area contributed by atoms with E-state index in [1.807, 2.05) is 0 Å². The molecule has 0 aliphatic carbocycles. The molecular formula is C4H2ClIN2OS2. The molecule has 1 unspecified atom stereocenters. The van der Waals surface area contributed by atoms with E-state index < -0.39 is 0 Å². The monoisotopic (exact) mass is 320 g/mol. The van der Waals surface area contributed by atoms with Gasteiger partial charge >= 0.3 is 0 Å². The SMILES string of the molecule is ClC1=NSS2=C1N=C(CI)O2. The molecule has 0 saturated carbocycles. The van der Waals surface area contributed by atoms with E-state index in [2.05, 4.69) is 32.0 Å². The molecule has 0 bridgehead atoms. The van der Waals surface area contributed by atoms with Crippen LogP contribution in [-0.4, -0.2) is 20.5 Å². The summed E-state index contributed by atoms with van der Waals surface area (Å²) in [4.78, 5) is 4.98. The average Bonchev–Trinajstić information content (AvgIpc) is 2.53. The quantitative estimate of drug-likeness (QED) is 0.244.